The lowest BCUT2D eigenvalue weighted by atomic mass is 9.91. The lowest BCUT2D eigenvalue weighted by Gasteiger charge is -2.33. The minimum absolute atomic E-state index is 0.0632. The van der Waals surface area contributed by atoms with Crippen LogP contribution in [0.3, 0.4) is 0 Å². The van der Waals surface area contributed by atoms with Crippen LogP contribution in [-0.2, 0) is 9.59 Å². The van der Waals surface area contributed by atoms with E-state index in [-0.39, 0.29) is 18.4 Å². The van der Waals surface area contributed by atoms with Crippen molar-refractivity contribution in [1.29, 1.82) is 0 Å². The van der Waals surface area contributed by atoms with E-state index in [9.17, 15) is 14.4 Å². The van der Waals surface area contributed by atoms with Gasteiger partial charge in [0.15, 0.2) is 0 Å². The van der Waals surface area contributed by atoms with E-state index in [4.69, 9.17) is 0 Å². The summed E-state index contributed by atoms with van der Waals surface area (Å²) < 4.78 is 0. The maximum Gasteiger partial charge on any atom is 0.325 e. The van der Waals surface area contributed by atoms with Crippen LogP contribution < -0.4 is 5.32 Å². The van der Waals surface area contributed by atoms with Crippen LogP contribution in [0.4, 0.5) is 4.79 Å². The first-order valence-electron chi connectivity index (χ1n) is 5.72. The zero-order chi connectivity index (χ0) is 13.2. The fraction of sp³-hybridized carbons (Fsp3) is 0.727. The Balaban J connectivity index is 2.98. The van der Waals surface area contributed by atoms with Crippen molar-refractivity contribution in [3.05, 3.63) is 0 Å². The van der Waals surface area contributed by atoms with Crippen molar-refractivity contribution < 1.29 is 14.4 Å². The summed E-state index contributed by atoms with van der Waals surface area (Å²) >= 11 is 0. The molecule has 4 amide bonds. The summed E-state index contributed by atoms with van der Waals surface area (Å²) in [6.07, 6.45) is 1.00. The highest BCUT2D eigenvalue weighted by atomic mass is 16.2. The van der Waals surface area contributed by atoms with Crippen molar-refractivity contribution >= 4 is 17.8 Å². The third kappa shape index (κ3) is 2.11. The van der Waals surface area contributed by atoms with Gasteiger partial charge in [-0.1, -0.05) is 13.8 Å². The fourth-order valence-electron chi connectivity index (χ4n) is 2.05. The Morgan fingerprint density at radius 1 is 1.29 bits per heavy atom. The minimum atomic E-state index is -0.872. The molecule has 0 bridgehead atoms. The molecule has 0 spiro atoms. The number of amides is 4. The summed E-state index contributed by atoms with van der Waals surface area (Å²) in [4.78, 5) is 37.9. The Kier molecular flexibility index (Phi) is 3.75. The van der Waals surface area contributed by atoms with Crippen LogP contribution in [0.2, 0.25) is 0 Å². The molecule has 0 atom stereocenters. The Morgan fingerprint density at radius 2 is 1.82 bits per heavy atom. The van der Waals surface area contributed by atoms with Crippen LogP contribution in [0.15, 0.2) is 0 Å². The van der Waals surface area contributed by atoms with Gasteiger partial charge in [0.05, 0.1) is 0 Å². The zero-order valence-electron chi connectivity index (χ0n) is 10.7. The molecule has 0 aromatic carbocycles. The molecular formula is C11H19N3O3. The maximum atomic E-state index is 11.8. The summed E-state index contributed by atoms with van der Waals surface area (Å²) in [5, 5.41) is 2.28. The van der Waals surface area contributed by atoms with E-state index in [2.05, 4.69) is 5.32 Å². The number of carbonyl (C=O) groups is 3. The normalized spacial score (nSPS) is 18.2. The van der Waals surface area contributed by atoms with Gasteiger partial charge in [0.25, 0.3) is 5.91 Å². The number of imide groups is 1. The third-order valence-corrected chi connectivity index (χ3v) is 3.37. The van der Waals surface area contributed by atoms with Crippen LogP contribution in [0.25, 0.3) is 0 Å². The van der Waals surface area contributed by atoms with E-state index in [0.29, 0.717) is 12.8 Å². The molecule has 1 heterocycles. The van der Waals surface area contributed by atoms with Gasteiger partial charge in [-0.2, -0.15) is 0 Å². The van der Waals surface area contributed by atoms with E-state index in [1.807, 2.05) is 13.8 Å². The standard InChI is InChI=1S/C11H19N3O3/c1-5-11(6-2)9(16)12-10(17)14(11)7-8(15)13(3)4/h5-7H2,1-4H3,(H,12,16,17). The zero-order valence-corrected chi connectivity index (χ0v) is 10.7. The molecule has 96 valence electrons. The highest BCUT2D eigenvalue weighted by Crippen LogP contribution is 2.28. The molecule has 0 saturated carbocycles. The van der Waals surface area contributed by atoms with E-state index in [1.165, 1.54) is 9.80 Å². The number of urea groups is 1. The van der Waals surface area contributed by atoms with Gasteiger partial charge >= 0.3 is 6.03 Å². The van der Waals surface area contributed by atoms with E-state index >= 15 is 0 Å². The number of rotatable bonds is 4. The molecule has 1 fully saturated rings. The van der Waals surface area contributed by atoms with Gasteiger partial charge in [0.2, 0.25) is 5.91 Å². The summed E-state index contributed by atoms with van der Waals surface area (Å²) in [6, 6.07) is -0.478. The molecule has 1 aliphatic rings. The van der Waals surface area contributed by atoms with Gasteiger partial charge in [-0.25, -0.2) is 4.79 Å². The van der Waals surface area contributed by atoms with Crippen LogP contribution in [-0.4, -0.2) is 53.8 Å². The second kappa shape index (κ2) is 4.73. The van der Waals surface area contributed by atoms with Crippen LogP contribution in [0, 0.1) is 0 Å². The van der Waals surface area contributed by atoms with Crippen LogP contribution >= 0.6 is 0 Å². The summed E-state index contributed by atoms with van der Waals surface area (Å²) in [6.45, 7) is 3.62. The fourth-order valence-corrected chi connectivity index (χ4v) is 2.05. The van der Waals surface area contributed by atoms with E-state index in [0.717, 1.165) is 0 Å². The van der Waals surface area contributed by atoms with Crippen molar-refractivity contribution in [2.45, 2.75) is 32.2 Å². The summed E-state index contributed by atoms with van der Waals surface area (Å²) in [7, 11) is 3.25. The number of hydrogen-bond acceptors (Lipinski definition) is 3. The molecule has 0 aromatic rings. The maximum absolute atomic E-state index is 11.8. The number of carbonyl (C=O) groups excluding carboxylic acids is 3. The second-order valence-corrected chi connectivity index (χ2v) is 4.37. The quantitative estimate of drug-likeness (QED) is 0.714. The third-order valence-electron chi connectivity index (χ3n) is 3.37. The smallest absolute Gasteiger partial charge is 0.325 e. The number of nitrogens with zero attached hydrogens (tertiary/aromatic N) is 2. The predicted molar refractivity (Wildman–Crippen MR) is 62.3 cm³/mol. The second-order valence-electron chi connectivity index (χ2n) is 4.37. The van der Waals surface area contributed by atoms with Crippen LogP contribution in [0.1, 0.15) is 26.7 Å². The number of hydrogen-bond donors (Lipinski definition) is 1. The largest absolute Gasteiger partial charge is 0.347 e. The van der Waals surface area contributed by atoms with E-state index in [1.54, 1.807) is 14.1 Å². The molecule has 0 unspecified atom stereocenters. The monoisotopic (exact) mass is 241 g/mol. The molecule has 1 N–H and O–H groups in total. The molecule has 1 aliphatic heterocycles. The first-order valence-corrected chi connectivity index (χ1v) is 5.72. The number of likely N-dealkylation sites (N-methyl/N-ethyl adjacent to an activating group) is 1. The SMILES string of the molecule is CCC1(CC)C(=O)NC(=O)N1CC(=O)N(C)C. The highest BCUT2D eigenvalue weighted by Gasteiger charge is 2.50. The Hall–Kier alpha value is -1.59. The van der Waals surface area contributed by atoms with Crippen molar-refractivity contribution in [2.75, 3.05) is 20.6 Å². The predicted octanol–water partition coefficient (Wildman–Crippen LogP) is 0.185. The first kappa shape index (κ1) is 13.5. The topological polar surface area (TPSA) is 69.7 Å². The van der Waals surface area contributed by atoms with Gasteiger partial charge < -0.3 is 9.80 Å². The Morgan fingerprint density at radius 3 is 2.24 bits per heavy atom. The minimum Gasteiger partial charge on any atom is -0.347 e. The van der Waals surface area contributed by atoms with Gasteiger partial charge in [-0.15, -0.1) is 0 Å². The molecule has 1 rings (SSSR count). The molecule has 0 aromatic heterocycles. The molecule has 0 radical (unpaired) electrons. The Labute approximate surface area is 101 Å². The van der Waals surface area contributed by atoms with Gasteiger partial charge in [-0.3, -0.25) is 14.9 Å². The van der Waals surface area contributed by atoms with Gasteiger partial charge in [0, 0.05) is 14.1 Å². The molecule has 1 saturated heterocycles. The molecule has 6 nitrogen and oxygen atoms in total. The highest BCUT2D eigenvalue weighted by molar-refractivity contribution is 6.08. The average molecular weight is 241 g/mol. The summed E-state index contributed by atoms with van der Waals surface area (Å²) in [5.41, 5.74) is -0.872. The van der Waals surface area contributed by atoms with Crippen molar-refractivity contribution in [3.8, 4) is 0 Å². The number of nitrogens with one attached hydrogen (secondary N) is 1. The van der Waals surface area contributed by atoms with Crippen LogP contribution in [0.5, 0.6) is 0 Å². The lowest BCUT2D eigenvalue weighted by molar-refractivity contribution is -0.132. The lowest BCUT2D eigenvalue weighted by Crippen LogP contribution is -2.52. The van der Waals surface area contributed by atoms with E-state index < -0.39 is 11.6 Å². The molecule has 6 heteroatoms. The molecule has 17 heavy (non-hydrogen) atoms. The van der Waals surface area contributed by atoms with Gasteiger partial charge in [-0.05, 0) is 12.8 Å². The van der Waals surface area contributed by atoms with Gasteiger partial charge in [0.1, 0.15) is 12.1 Å². The van der Waals surface area contributed by atoms with Crippen molar-refractivity contribution in [2.24, 2.45) is 0 Å². The Bertz CT molecular complexity index is 348. The first-order chi connectivity index (χ1) is 7.89. The molecule has 0 aliphatic carbocycles. The van der Waals surface area contributed by atoms with Crippen molar-refractivity contribution in [1.82, 2.24) is 15.1 Å². The molecular weight excluding hydrogens is 222 g/mol. The average Bonchev–Trinajstić information content (AvgIpc) is 2.51. The van der Waals surface area contributed by atoms with Crippen molar-refractivity contribution in [3.63, 3.8) is 0 Å². The summed E-state index contributed by atoms with van der Waals surface area (Å²) in [5.74, 6) is -0.500.